The topological polar surface area (TPSA) is 169 Å². The van der Waals surface area contributed by atoms with Crippen LogP contribution in [0.4, 0.5) is 16.2 Å². The predicted molar refractivity (Wildman–Crippen MR) is 161 cm³/mol. The lowest BCUT2D eigenvalue weighted by Crippen LogP contribution is -2.45. The second kappa shape index (κ2) is 14.6. The summed E-state index contributed by atoms with van der Waals surface area (Å²) in [5.41, 5.74) is -0.178. The van der Waals surface area contributed by atoms with Crippen LogP contribution in [0.3, 0.4) is 0 Å². The SMILES string of the molecule is CC(C)(C)OC(=O)NCCOc1ccc(Cl)cc1C(=O)N[C@@H](Cc1ccc(O)cc1)C(=O)Nc1ccc([N+](=O)[O-])cc1Cl. The number of halogens is 2. The number of nitrogens with one attached hydrogen (secondary N) is 3. The number of hydrogen-bond donors (Lipinski definition) is 4. The highest BCUT2D eigenvalue weighted by molar-refractivity contribution is 6.34. The molecule has 43 heavy (non-hydrogen) atoms. The van der Waals surface area contributed by atoms with Gasteiger partial charge in [-0.25, -0.2) is 4.79 Å². The standard InChI is InChI=1S/C29H30Cl2N4O8/c1-29(2,3)43-28(39)32-12-13-42-25-11-6-18(30)15-21(25)26(37)34-24(14-17-4-8-20(36)9-5-17)27(38)33-23-10-7-19(35(40)41)16-22(23)31/h4-11,15-16,24,36H,12-14H2,1-3H3,(H,32,39)(H,33,38)(H,34,37)/t24-/m0/s1. The van der Waals surface area contributed by atoms with Gasteiger partial charge in [0.05, 0.1) is 27.7 Å². The Hall–Kier alpha value is -4.55. The minimum absolute atomic E-state index is 0.00276. The molecule has 4 N–H and O–H groups in total. The number of hydrogen-bond acceptors (Lipinski definition) is 8. The predicted octanol–water partition coefficient (Wildman–Crippen LogP) is 5.49. The third-order valence-corrected chi connectivity index (χ3v) is 6.18. The molecule has 3 amide bonds. The average molecular weight is 633 g/mol. The highest BCUT2D eigenvalue weighted by Crippen LogP contribution is 2.27. The Labute approximate surface area is 257 Å². The third-order valence-electron chi connectivity index (χ3n) is 5.63. The van der Waals surface area contributed by atoms with Crippen LogP contribution in [-0.4, -0.2) is 52.7 Å². The number of nitro benzene ring substituents is 1. The number of rotatable bonds is 11. The van der Waals surface area contributed by atoms with Crippen LogP contribution < -0.4 is 20.7 Å². The lowest BCUT2D eigenvalue weighted by molar-refractivity contribution is -0.384. The highest BCUT2D eigenvalue weighted by Gasteiger charge is 2.25. The number of carbonyl (C=O) groups excluding carboxylic acids is 3. The molecule has 0 spiro atoms. The zero-order valence-electron chi connectivity index (χ0n) is 23.5. The van der Waals surface area contributed by atoms with Gasteiger partial charge in [-0.05, 0) is 62.7 Å². The molecule has 0 heterocycles. The zero-order chi connectivity index (χ0) is 31.7. The van der Waals surface area contributed by atoms with E-state index in [0.29, 0.717) is 5.56 Å². The van der Waals surface area contributed by atoms with Crippen LogP contribution in [0.5, 0.6) is 11.5 Å². The Morgan fingerprint density at radius 2 is 1.72 bits per heavy atom. The summed E-state index contributed by atoms with van der Waals surface area (Å²) in [6, 6.07) is 12.8. The van der Waals surface area contributed by atoms with Crippen molar-refractivity contribution in [3.8, 4) is 11.5 Å². The normalized spacial score (nSPS) is 11.7. The molecule has 1 atom stereocenters. The van der Waals surface area contributed by atoms with Crippen molar-refractivity contribution in [1.29, 1.82) is 0 Å². The molecule has 0 unspecified atom stereocenters. The van der Waals surface area contributed by atoms with E-state index >= 15 is 0 Å². The van der Waals surface area contributed by atoms with Gasteiger partial charge in [-0.15, -0.1) is 0 Å². The van der Waals surface area contributed by atoms with Crippen molar-refractivity contribution >= 4 is 52.5 Å². The number of nitrogens with zero attached hydrogens (tertiary/aromatic N) is 1. The molecule has 3 aromatic rings. The Balaban J connectivity index is 1.78. The van der Waals surface area contributed by atoms with E-state index in [-0.39, 0.29) is 58.1 Å². The molecule has 0 aliphatic carbocycles. The summed E-state index contributed by atoms with van der Waals surface area (Å²) in [5.74, 6) is -1.18. The van der Waals surface area contributed by atoms with Crippen molar-refractivity contribution in [2.45, 2.75) is 38.8 Å². The summed E-state index contributed by atoms with van der Waals surface area (Å²) in [7, 11) is 0. The smallest absolute Gasteiger partial charge is 0.407 e. The van der Waals surface area contributed by atoms with E-state index in [9.17, 15) is 29.6 Å². The van der Waals surface area contributed by atoms with Crippen LogP contribution in [-0.2, 0) is 16.0 Å². The number of phenols is 1. The van der Waals surface area contributed by atoms with Gasteiger partial charge in [-0.2, -0.15) is 0 Å². The first-order valence-corrected chi connectivity index (χ1v) is 13.7. The maximum absolute atomic E-state index is 13.5. The summed E-state index contributed by atoms with van der Waals surface area (Å²) in [4.78, 5) is 49.1. The molecule has 0 saturated heterocycles. The number of alkyl carbamates (subject to hydrolysis) is 1. The fourth-order valence-electron chi connectivity index (χ4n) is 3.69. The first-order chi connectivity index (χ1) is 20.2. The van der Waals surface area contributed by atoms with Gasteiger partial charge >= 0.3 is 6.09 Å². The molecular weight excluding hydrogens is 603 g/mol. The molecule has 0 aromatic heterocycles. The van der Waals surface area contributed by atoms with Gasteiger partial charge in [0.2, 0.25) is 5.91 Å². The van der Waals surface area contributed by atoms with Gasteiger partial charge < -0.3 is 30.5 Å². The maximum atomic E-state index is 13.5. The summed E-state index contributed by atoms with van der Waals surface area (Å²) in [5, 5.41) is 28.7. The molecule has 14 heteroatoms. The molecule has 0 saturated carbocycles. The molecule has 3 aromatic carbocycles. The van der Waals surface area contributed by atoms with Crippen molar-refractivity contribution < 1.29 is 33.9 Å². The van der Waals surface area contributed by atoms with E-state index in [4.69, 9.17) is 32.7 Å². The Kier molecular flexibility index (Phi) is 11.2. The number of carbonyl (C=O) groups is 3. The first-order valence-electron chi connectivity index (χ1n) is 12.9. The van der Waals surface area contributed by atoms with Gasteiger partial charge in [0, 0.05) is 23.6 Å². The zero-order valence-corrected chi connectivity index (χ0v) is 25.0. The number of aromatic hydroxyl groups is 1. The molecule has 228 valence electrons. The molecule has 0 aliphatic heterocycles. The van der Waals surface area contributed by atoms with E-state index < -0.39 is 34.5 Å². The Morgan fingerprint density at radius 1 is 1.02 bits per heavy atom. The van der Waals surface area contributed by atoms with Crippen LogP contribution in [0.2, 0.25) is 10.0 Å². The van der Waals surface area contributed by atoms with Crippen LogP contribution >= 0.6 is 23.2 Å². The fourth-order valence-corrected chi connectivity index (χ4v) is 4.08. The summed E-state index contributed by atoms with van der Waals surface area (Å²) < 4.78 is 10.9. The molecule has 12 nitrogen and oxygen atoms in total. The van der Waals surface area contributed by atoms with E-state index in [1.165, 1.54) is 42.5 Å². The Morgan fingerprint density at radius 3 is 2.35 bits per heavy atom. The largest absolute Gasteiger partial charge is 0.508 e. The van der Waals surface area contributed by atoms with Crippen LogP contribution in [0, 0.1) is 10.1 Å². The van der Waals surface area contributed by atoms with Gasteiger partial charge in [-0.1, -0.05) is 35.3 Å². The number of non-ortho nitro benzene ring substituents is 1. The van der Waals surface area contributed by atoms with Gasteiger partial charge in [0.1, 0.15) is 29.7 Å². The van der Waals surface area contributed by atoms with Crippen molar-refractivity contribution in [1.82, 2.24) is 10.6 Å². The minimum Gasteiger partial charge on any atom is -0.508 e. The van der Waals surface area contributed by atoms with E-state index in [1.54, 1.807) is 32.9 Å². The molecule has 0 aliphatic rings. The highest BCUT2D eigenvalue weighted by atomic mass is 35.5. The van der Waals surface area contributed by atoms with E-state index in [0.717, 1.165) is 6.07 Å². The second-order valence-electron chi connectivity index (χ2n) is 10.2. The van der Waals surface area contributed by atoms with Crippen molar-refractivity contribution in [3.63, 3.8) is 0 Å². The van der Waals surface area contributed by atoms with Crippen molar-refractivity contribution in [3.05, 3.63) is 92.0 Å². The quantitative estimate of drug-likeness (QED) is 0.122. The number of ether oxygens (including phenoxy) is 2. The molecular formula is C29H30Cl2N4O8. The number of phenolic OH excluding ortho intramolecular Hbond substituents is 1. The number of amides is 3. The van der Waals surface area contributed by atoms with Crippen LogP contribution in [0.1, 0.15) is 36.7 Å². The van der Waals surface area contributed by atoms with E-state index in [1.807, 2.05) is 0 Å². The molecule has 3 rings (SSSR count). The molecule has 0 fully saturated rings. The van der Waals surface area contributed by atoms with Crippen LogP contribution in [0.25, 0.3) is 0 Å². The minimum atomic E-state index is -1.16. The molecule has 0 bridgehead atoms. The summed E-state index contributed by atoms with van der Waals surface area (Å²) in [6.07, 6.45) is -0.611. The molecule has 0 radical (unpaired) electrons. The number of nitro groups is 1. The second-order valence-corrected chi connectivity index (χ2v) is 11.1. The summed E-state index contributed by atoms with van der Waals surface area (Å²) >= 11 is 12.3. The van der Waals surface area contributed by atoms with Gasteiger partial charge in [0.15, 0.2) is 0 Å². The van der Waals surface area contributed by atoms with Crippen LogP contribution in [0.15, 0.2) is 60.7 Å². The number of anilines is 1. The lowest BCUT2D eigenvalue weighted by Gasteiger charge is -2.21. The Bertz CT molecular complexity index is 1490. The van der Waals surface area contributed by atoms with E-state index in [2.05, 4.69) is 16.0 Å². The van der Waals surface area contributed by atoms with Crippen molar-refractivity contribution in [2.75, 3.05) is 18.5 Å². The van der Waals surface area contributed by atoms with Crippen molar-refractivity contribution in [2.24, 2.45) is 0 Å². The monoisotopic (exact) mass is 632 g/mol. The maximum Gasteiger partial charge on any atom is 0.407 e. The first kappa shape index (κ1) is 33.0. The summed E-state index contributed by atoms with van der Waals surface area (Å²) in [6.45, 7) is 5.28. The average Bonchev–Trinajstić information content (AvgIpc) is 2.92. The number of benzene rings is 3. The fraction of sp³-hybridized carbons (Fsp3) is 0.276. The lowest BCUT2D eigenvalue weighted by atomic mass is 10.0. The van der Waals surface area contributed by atoms with Gasteiger partial charge in [-0.3, -0.25) is 19.7 Å². The van der Waals surface area contributed by atoms with Gasteiger partial charge in [0.25, 0.3) is 11.6 Å². The third kappa shape index (κ3) is 10.3.